The lowest BCUT2D eigenvalue weighted by Crippen LogP contribution is -2.38. The van der Waals surface area contributed by atoms with Crippen LogP contribution >= 0.6 is 11.3 Å². The molecule has 1 aromatic carbocycles. The second kappa shape index (κ2) is 6.48. The van der Waals surface area contributed by atoms with E-state index in [0.29, 0.717) is 13.2 Å². The lowest BCUT2D eigenvalue weighted by Gasteiger charge is -2.24. The molecule has 22 heavy (non-hydrogen) atoms. The molecule has 1 atom stereocenters. The zero-order valence-electron chi connectivity index (χ0n) is 12.9. The van der Waals surface area contributed by atoms with Gasteiger partial charge >= 0.3 is 0 Å². The first-order valence-corrected chi connectivity index (χ1v) is 8.36. The highest BCUT2D eigenvalue weighted by atomic mass is 32.1. The van der Waals surface area contributed by atoms with Crippen molar-refractivity contribution >= 4 is 17.2 Å². The molecule has 1 N–H and O–H groups in total. The Bertz CT molecular complexity index is 662. The third-order valence-electron chi connectivity index (χ3n) is 3.96. The molecule has 116 valence electrons. The quantitative estimate of drug-likeness (QED) is 0.943. The standard InChI is InChI=1S/C17H20N2O2S/c1-11-12(2)22-16(19-11)7-8-18-17(20)14-9-13-5-3-4-6-15(13)21-10-14/h3-6,14H,7-10H2,1-2H3,(H,18,20)/t14-/m0/s1. The molecule has 0 unspecified atom stereocenters. The van der Waals surface area contributed by atoms with Gasteiger partial charge in [-0.3, -0.25) is 4.79 Å². The van der Waals surface area contributed by atoms with Gasteiger partial charge in [0.05, 0.1) is 16.6 Å². The van der Waals surface area contributed by atoms with Gasteiger partial charge in [0, 0.05) is 17.8 Å². The topological polar surface area (TPSA) is 51.2 Å². The summed E-state index contributed by atoms with van der Waals surface area (Å²) < 4.78 is 5.67. The van der Waals surface area contributed by atoms with Crippen molar-refractivity contribution in [1.82, 2.24) is 10.3 Å². The second-order valence-corrected chi connectivity index (χ2v) is 6.90. The molecule has 5 heteroatoms. The van der Waals surface area contributed by atoms with Crippen LogP contribution in [0.1, 0.15) is 21.1 Å². The molecule has 4 nitrogen and oxygen atoms in total. The van der Waals surface area contributed by atoms with Gasteiger partial charge < -0.3 is 10.1 Å². The Kier molecular flexibility index (Phi) is 4.43. The van der Waals surface area contributed by atoms with E-state index in [1.165, 1.54) is 4.88 Å². The number of carbonyl (C=O) groups is 1. The average molecular weight is 316 g/mol. The SMILES string of the molecule is Cc1nc(CCNC(=O)[C@@H]2COc3ccccc3C2)sc1C. The predicted octanol–water partition coefficient (Wildman–Crippen LogP) is 2.67. The molecule has 1 amide bonds. The lowest BCUT2D eigenvalue weighted by atomic mass is 9.96. The molecule has 3 rings (SSSR count). The number of nitrogens with one attached hydrogen (secondary N) is 1. The number of hydrogen-bond acceptors (Lipinski definition) is 4. The van der Waals surface area contributed by atoms with Crippen LogP contribution in [-0.4, -0.2) is 24.0 Å². The molecular formula is C17H20N2O2S. The number of aromatic nitrogens is 1. The first-order valence-electron chi connectivity index (χ1n) is 7.55. The van der Waals surface area contributed by atoms with Gasteiger partial charge in [-0.25, -0.2) is 4.98 Å². The van der Waals surface area contributed by atoms with Crippen LogP contribution < -0.4 is 10.1 Å². The number of amides is 1. The monoisotopic (exact) mass is 316 g/mol. The summed E-state index contributed by atoms with van der Waals surface area (Å²) in [4.78, 5) is 18.0. The van der Waals surface area contributed by atoms with E-state index >= 15 is 0 Å². The minimum atomic E-state index is -0.102. The maximum Gasteiger partial charge on any atom is 0.226 e. The smallest absolute Gasteiger partial charge is 0.226 e. The number of nitrogens with zero attached hydrogens (tertiary/aromatic N) is 1. The fourth-order valence-electron chi connectivity index (χ4n) is 2.58. The van der Waals surface area contributed by atoms with Gasteiger partial charge in [-0.2, -0.15) is 0 Å². The van der Waals surface area contributed by atoms with Gasteiger partial charge in [0.15, 0.2) is 0 Å². The molecule has 0 aliphatic carbocycles. The summed E-state index contributed by atoms with van der Waals surface area (Å²) >= 11 is 1.71. The fourth-order valence-corrected chi connectivity index (χ4v) is 3.51. The molecular weight excluding hydrogens is 296 g/mol. The van der Waals surface area contributed by atoms with Crippen LogP contribution in [0.4, 0.5) is 0 Å². The molecule has 2 heterocycles. The first-order chi connectivity index (χ1) is 10.6. The first kappa shape index (κ1) is 15.0. The van der Waals surface area contributed by atoms with Gasteiger partial charge in [0.2, 0.25) is 5.91 Å². The Morgan fingerprint density at radius 2 is 2.23 bits per heavy atom. The van der Waals surface area contributed by atoms with E-state index in [1.807, 2.05) is 31.2 Å². The van der Waals surface area contributed by atoms with Crippen LogP contribution in [0.3, 0.4) is 0 Å². The number of carbonyl (C=O) groups excluding carboxylic acids is 1. The van der Waals surface area contributed by atoms with Crippen LogP contribution in [0, 0.1) is 19.8 Å². The van der Waals surface area contributed by atoms with Crippen LogP contribution in [0.15, 0.2) is 24.3 Å². The molecule has 0 saturated heterocycles. The van der Waals surface area contributed by atoms with Gasteiger partial charge in [0.1, 0.15) is 12.4 Å². The summed E-state index contributed by atoms with van der Waals surface area (Å²) in [5.74, 6) is 0.870. The summed E-state index contributed by atoms with van der Waals surface area (Å²) in [6.45, 7) is 5.18. The largest absolute Gasteiger partial charge is 0.492 e. The number of thiazole rings is 1. The van der Waals surface area contributed by atoms with Gasteiger partial charge in [-0.05, 0) is 31.9 Å². The van der Waals surface area contributed by atoms with Gasteiger partial charge in [-0.1, -0.05) is 18.2 Å². The van der Waals surface area contributed by atoms with E-state index in [2.05, 4.69) is 17.2 Å². The number of benzene rings is 1. The predicted molar refractivity (Wildman–Crippen MR) is 87.4 cm³/mol. The van der Waals surface area contributed by atoms with Crippen LogP contribution in [0.5, 0.6) is 5.75 Å². The van der Waals surface area contributed by atoms with Gasteiger partial charge in [0.25, 0.3) is 0 Å². The fraction of sp³-hybridized carbons (Fsp3) is 0.412. The molecule has 2 aromatic rings. The molecule has 0 saturated carbocycles. The highest BCUT2D eigenvalue weighted by Gasteiger charge is 2.25. The van der Waals surface area contributed by atoms with Crippen molar-refractivity contribution in [2.45, 2.75) is 26.7 Å². The van der Waals surface area contributed by atoms with E-state index in [9.17, 15) is 4.79 Å². The van der Waals surface area contributed by atoms with E-state index in [4.69, 9.17) is 4.74 Å². The van der Waals surface area contributed by atoms with Crippen molar-refractivity contribution in [2.24, 2.45) is 5.92 Å². The summed E-state index contributed by atoms with van der Waals surface area (Å²) in [6.07, 6.45) is 1.53. The number of para-hydroxylation sites is 1. The molecule has 0 radical (unpaired) electrons. The Morgan fingerprint density at radius 1 is 1.41 bits per heavy atom. The number of fused-ring (bicyclic) bond motifs is 1. The van der Waals surface area contributed by atoms with Crippen LogP contribution in [0.25, 0.3) is 0 Å². The Hall–Kier alpha value is -1.88. The van der Waals surface area contributed by atoms with Crippen molar-refractivity contribution < 1.29 is 9.53 Å². The second-order valence-electron chi connectivity index (χ2n) is 5.61. The van der Waals surface area contributed by atoms with Crippen molar-refractivity contribution in [2.75, 3.05) is 13.2 Å². The third kappa shape index (κ3) is 3.30. The normalized spacial score (nSPS) is 16.7. The molecule has 0 fully saturated rings. The maximum atomic E-state index is 12.3. The van der Waals surface area contributed by atoms with Crippen LogP contribution in [0.2, 0.25) is 0 Å². The summed E-state index contributed by atoms with van der Waals surface area (Å²) in [6, 6.07) is 7.92. The Balaban J connectivity index is 1.50. The van der Waals surface area contributed by atoms with Crippen molar-refractivity contribution in [3.63, 3.8) is 0 Å². The average Bonchev–Trinajstić information content (AvgIpc) is 2.85. The van der Waals surface area contributed by atoms with Gasteiger partial charge in [-0.15, -0.1) is 11.3 Å². The molecule has 0 spiro atoms. The number of ether oxygens (including phenoxy) is 1. The maximum absolute atomic E-state index is 12.3. The minimum absolute atomic E-state index is 0.0690. The Labute approximate surface area is 134 Å². The van der Waals surface area contributed by atoms with E-state index in [1.54, 1.807) is 11.3 Å². The van der Waals surface area contributed by atoms with E-state index < -0.39 is 0 Å². The lowest BCUT2D eigenvalue weighted by molar-refractivity contribution is -0.126. The summed E-state index contributed by atoms with van der Waals surface area (Å²) in [7, 11) is 0. The minimum Gasteiger partial charge on any atom is -0.492 e. The van der Waals surface area contributed by atoms with Crippen molar-refractivity contribution in [1.29, 1.82) is 0 Å². The highest BCUT2D eigenvalue weighted by Crippen LogP contribution is 2.26. The highest BCUT2D eigenvalue weighted by molar-refractivity contribution is 7.11. The van der Waals surface area contributed by atoms with Crippen molar-refractivity contribution in [3.05, 3.63) is 45.4 Å². The van der Waals surface area contributed by atoms with E-state index in [0.717, 1.165) is 34.9 Å². The van der Waals surface area contributed by atoms with E-state index in [-0.39, 0.29) is 11.8 Å². The van der Waals surface area contributed by atoms with Crippen molar-refractivity contribution in [3.8, 4) is 5.75 Å². The summed E-state index contributed by atoms with van der Waals surface area (Å²) in [5.41, 5.74) is 2.20. The third-order valence-corrected chi connectivity index (χ3v) is 5.09. The zero-order valence-corrected chi connectivity index (χ0v) is 13.7. The zero-order chi connectivity index (χ0) is 15.5. The molecule has 1 aliphatic heterocycles. The molecule has 1 aromatic heterocycles. The molecule has 1 aliphatic rings. The Morgan fingerprint density at radius 3 is 3.00 bits per heavy atom. The molecule has 0 bridgehead atoms. The number of aryl methyl sites for hydroxylation is 2. The number of rotatable bonds is 4. The number of hydrogen-bond donors (Lipinski definition) is 1. The summed E-state index contributed by atoms with van der Waals surface area (Å²) in [5, 5.41) is 4.09. The van der Waals surface area contributed by atoms with Crippen LogP contribution in [-0.2, 0) is 17.6 Å².